The summed E-state index contributed by atoms with van der Waals surface area (Å²) in [6, 6.07) is 18.3. The second-order valence-corrected chi connectivity index (χ2v) is 8.01. The molecule has 0 saturated carbocycles. The third-order valence-electron chi connectivity index (χ3n) is 4.53. The largest absolute Gasteiger partial charge is 0.456 e. The van der Waals surface area contributed by atoms with Crippen molar-refractivity contribution in [2.24, 2.45) is 5.14 Å². The Balaban J connectivity index is 1.85. The van der Waals surface area contributed by atoms with Crippen LogP contribution in [0, 0.1) is 6.92 Å². The molecule has 136 valence electrons. The summed E-state index contributed by atoms with van der Waals surface area (Å²) in [6.07, 6.45) is 2.54. The van der Waals surface area contributed by atoms with Gasteiger partial charge in [-0.2, -0.15) is 0 Å². The summed E-state index contributed by atoms with van der Waals surface area (Å²) < 4.78 is 29.3. The number of hydrogen-bond donors (Lipinski definition) is 1. The molecule has 0 aliphatic carbocycles. The molecule has 2 heterocycles. The SMILES string of the molecule is Cc1ccc(C2=C(c3ccc(S(N)(=O)=O)cc3)Oc3ccccc3C2)cn1. The molecule has 4 rings (SSSR count). The molecular weight excluding hydrogens is 360 g/mol. The second kappa shape index (κ2) is 6.64. The Bertz CT molecular complexity index is 1130. The fourth-order valence-corrected chi connectivity index (χ4v) is 3.62. The van der Waals surface area contributed by atoms with E-state index in [4.69, 9.17) is 9.88 Å². The Hall–Kier alpha value is -2.96. The number of benzene rings is 2. The van der Waals surface area contributed by atoms with Gasteiger partial charge in [0.2, 0.25) is 10.0 Å². The van der Waals surface area contributed by atoms with E-state index in [0.717, 1.165) is 33.7 Å². The van der Waals surface area contributed by atoms with E-state index in [1.54, 1.807) is 12.1 Å². The summed E-state index contributed by atoms with van der Waals surface area (Å²) in [4.78, 5) is 4.47. The Morgan fingerprint density at radius 2 is 1.67 bits per heavy atom. The van der Waals surface area contributed by atoms with Crippen molar-refractivity contribution in [2.45, 2.75) is 18.2 Å². The first-order chi connectivity index (χ1) is 12.9. The summed E-state index contributed by atoms with van der Waals surface area (Å²) in [5.41, 5.74) is 4.80. The molecule has 0 radical (unpaired) electrons. The van der Waals surface area contributed by atoms with Crippen LogP contribution in [0.4, 0.5) is 0 Å². The Morgan fingerprint density at radius 1 is 0.963 bits per heavy atom. The molecular formula is C21H18N2O3S. The topological polar surface area (TPSA) is 82.3 Å². The molecule has 2 aromatic carbocycles. The predicted octanol–water partition coefficient (Wildman–Crippen LogP) is 3.54. The highest BCUT2D eigenvalue weighted by atomic mass is 32.2. The van der Waals surface area contributed by atoms with E-state index >= 15 is 0 Å². The van der Waals surface area contributed by atoms with Crippen molar-refractivity contribution < 1.29 is 13.2 Å². The normalized spacial score (nSPS) is 13.9. The average Bonchev–Trinajstić information content (AvgIpc) is 2.67. The van der Waals surface area contributed by atoms with Crippen LogP contribution in [0.15, 0.2) is 71.8 Å². The van der Waals surface area contributed by atoms with Gasteiger partial charge in [0.15, 0.2) is 0 Å². The van der Waals surface area contributed by atoms with Crippen LogP contribution in [0.25, 0.3) is 11.3 Å². The molecule has 0 amide bonds. The molecule has 0 fully saturated rings. The summed E-state index contributed by atoms with van der Waals surface area (Å²) in [5.74, 6) is 1.49. The molecule has 0 unspecified atom stereocenters. The molecule has 27 heavy (non-hydrogen) atoms. The third-order valence-corrected chi connectivity index (χ3v) is 5.46. The van der Waals surface area contributed by atoms with E-state index in [2.05, 4.69) is 4.98 Å². The number of para-hydroxylation sites is 1. The Kier molecular flexibility index (Phi) is 4.30. The number of pyridine rings is 1. The van der Waals surface area contributed by atoms with Crippen LogP contribution in [0.5, 0.6) is 5.75 Å². The highest BCUT2D eigenvalue weighted by molar-refractivity contribution is 7.89. The van der Waals surface area contributed by atoms with Gasteiger partial charge in [0.25, 0.3) is 0 Å². The monoisotopic (exact) mass is 378 g/mol. The molecule has 1 aliphatic rings. The van der Waals surface area contributed by atoms with Crippen LogP contribution in [-0.2, 0) is 16.4 Å². The lowest BCUT2D eigenvalue weighted by molar-refractivity contribution is 0.502. The van der Waals surface area contributed by atoms with Crippen molar-refractivity contribution in [3.8, 4) is 5.75 Å². The number of rotatable bonds is 3. The number of fused-ring (bicyclic) bond motifs is 1. The molecule has 2 N–H and O–H groups in total. The summed E-state index contributed by atoms with van der Waals surface area (Å²) in [7, 11) is -3.74. The smallest absolute Gasteiger partial charge is 0.238 e. The summed E-state index contributed by atoms with van der Waals surface area (Å²) in [6.45, 7) is 1.94. The first kappa shape index (κ1) is 17.5. The van der Waals surface area contributed by atoms with Crippen LogP contribution >= 0.6 is 0 Å². The number of allylic oxidation sites excluding steroid dienone is 1. The summed E-state index contributed by atoms with van der Waals surface area (Å²) in [5, 5.41) is 5.20. The average molecular weight is 378 g/mol. The van der Waals surface area contributed by atoms with Crippen molar-refractivity contribution in [3.63, 3.8) is 0 Å². The number of aromatic nitrogens is 1. The fourth-order valence-electron chi connectivity index (χ4n) is 3.10. The van der Waals surface area contributed by atoms with E-state index in [9.17, 15) is 8.42 Å². The fraction of sp³-hybridized carbons (Fsp3) is 0.0952. The zero-order valence-corrected chi connectivity index (χ0v) is 15.5. The Morgan fingerprint density at radius 3 is 2.33 bits per heavy atom. The minimum Gasteiger partial charge on any atom is -0.456 e. The maximum absolute atomic E-state index is 11.5. The van der Waals surface area contributed by atoms with Gasteiger partial charge in [0.05, 0.1) is 4.90 Å². The molecule has 0 saturated heterocycles. The quantitative estimate of drug-likeness (QED) is 0.756. The van der Waals surface area contributed by atoms with Gasteiger partial charge >= 0.3 is 0 Å². The van der Waals surface area contributed by atoms with Crippen LogP contribution in [0.1, 0.15) is 22.4 Å². The van der Waals surface area contributed by atoms with Crippen molar-refractivity contribution >= 4 is 21.4 Å². The number of nitrogens with two attached hydrogens (primary N) is 1. The van der Waals surface area contributed by atoms with Gasteiger partial charge in [0.1, 0.15) is 11.5 Å². The number of aryl methyl sites for hydroxylation is 1. The lowest BCUT2D eigenvalue weighted by atomic mass is 9.93. The molecule has 0 atom stereocenters. The van der Waals surface area contributed by atoms with E-state index in [0.29, 0.717) is 12.2 Å². The van der Waals surface area contributed by atoms with Crippen LogP contribution in [-0.4, -0.2) is 13.4 Å². The van der Waals surface area contributed by atoms with Gasteiger partial charge in [-0.25, -0.2) is 13.6 Å². The molecule has 5 nitrogen and oxygen atoms in total. The number of nitrogens with zero attached hydrogens (tertiary/aromatic N) is 1. The number of hydrogen-bond acceptors (Lipinski definition) is 4. The lowest BCUT2D eigenvalue weighted by Gasteiger charge is -2.24. The standard InChI is InChI=1S/C21H18N2O3S/c1-14-6-7-17(13-23-14)19-12-16-4-2-3-5-20(16)26-21(19)15-8-10-18(11-9-15)27(22,24)25/h2-11,13H,12H2,1H3,(H2,22,24,25). The van der Waals surface area contributed by atoms with Gasteiger partial charge in [-0.1, -0.05) is 24.3 Å². The van der Waals surface area contributed by atoms with Crippen molar-refractivity contribution in [1.82, 2.24) is 4.98 Å². The van der Waals surface area contributed by atoms with E-state index < -0.39 is 10.0 Å². The van der Waals surface area contributed by atoms with E-state index in [-0.39, 0.29) is 4.90 Å². The second-order valence-electron chi connectivity index (χ2n) is 6.45. The highest BCUT2D eigenvalue weighted by Gasteiger charge is 2.22. The minimum atomic E-state index is -3.74. The molecule has 1 aromatic heterocycles. The van der Waals surface area contributed by atoms with Gasteiger partial charge in [-0.05, 0) is 48.9 Å². The number of sulfonamides is 1. The van der Waals surface area contributed by atoms with Crippen LogP contribution in [0.2, 0.25) is 0 Å². The van der Waals surface area contributed by atoms with Crippen molar-refractivity contribution in [2.75, 3.05) is 0 Å². The predicted molar refractivity (Wildman–Crippen MR) is 104 cm³/mol. The first-order valence-electron chi connectivity index (χ1n) is 8.47. The maximum atomic E-state index is 11.5. The van der Waals surface area contributed by atoms with Gasteiger partial charge in [-0.3, -0.25) is 4.98 Å². The lowest BCUT2D eigenvalue weighted by Crippen LogP contribution is -2.13. The van der Waals surface area contributed by atoms with Gasteiger partial charge < -0.3 is 4.74 Å². The first-order valence-corrected chi connectivity index (χ1v) is 10.0. The highest BCUT2D eigenvalue weighted by Crippen LogP contribution is 2.38. The van der Waals surface area contributed by atoms with Crippen LogP contribution in [0.3, 0.4) is 0 Å². The van der Waals surface area contributed by atoms with Crippen molar-refractivity contribution in [1.29, 1.82) is 0 Å². The zero-order chi connectivity index (χ0) is 19.0. The van der Waals surface area contributed by atoms with Gasteiger partial charge in [-0.15, -0.1) is 0 Å². The molecule has 6 heteroatoms. The summed E-state index contributed by atoms with van der Waals surface area (Å²) >= 11 is 0. The molecule has 0 bridgehead atoms. The zero-order valence-electron chi connectivity index (χ0n) is 14.7. The number of ether oxygens (including phenoxy) is 1. The maximum Gasteiger partial charge on any atom is 0.238 e. The minimum absolute atomic E-state index is 0.0709. The van der Waals surface area contributed by atoms with Crippen molar-refractivity contribution in [3.05, 3.63) is 89.2 Å². The Labute approximate surface area is 158 Å². The number of primary sulfonamides is 1. The van der Waals surface area contributed by atoms with E-state index in [1.807, 2.05) is 49.5 Å². The molecule has 0 spiro atoms. The van der Waals surface area contributed by atoms with E-state index in [1.165, 1.54) is 12.1 Å². The molecule has 3 aromatic rings. The molecule has 1 aliphatic heterocycles. The van der Waals surface area contributed by atoms with Gasteiger partial charge in [0, 0.05) is 35.0 Å². The third kappa shape index (κ3) is 3.49. The van der Waals surface area contributed by atoms with Crippen LogP contribution < -0.4 is 9.88 Å².